The number of hydrogen-bond donors (Lipinski definition) is 3. The molecule has 0 aliphatic rings. The second kappa shape index (κ2) is 84.5. The Morgan fingerprint density at radius 3 is 0.640 bits per heavy atom. The highest BCUT2D eigenvalue weighted by Gasteiger charge is 2.31. The summed E-state index contributed by atoms with van der Waals surface area (Å²) < 4.78 is 69.1. The fourth-order valence-corrected chi connectivity index (χ4v) is 16.1. The molecule has 0 aliphatic heterocycles. The van der Waals surface area contributed by atoms with Crippen LogP contribution in [0.3, 0.4) is 0 Å². The lowest BCUT2D eigenvalue weighted by Crippen LogP contribution is -2.30. The Kier molecular flexibility index (Phi) is 83.0. The Labute approximate surface area is 683 Å². The van der Waals surface area contributed by atoms with Crippen molar-refractivity contribution in [1.29, 1.82) is 0 Å². The summed E-state index contributed by atoms with van der Waals surface area (Å²) in [5.41, 5.74) is 0. The lowest BCUT2D eigenvalue weighted by molar-refractivity contribution is -0.161. The van der Waals surface area contributed by atoms with Gasteiger partial charge in [0.25, 0.3) is 0 Å². The van der Waals surface area contributed by atoms with Crippen molar-refractivity contribution in [2.45, 2.75) is 522 Å². The fraction of sp³-hybridized carbons (Fsp3) is 0.957. The van der Waals surface area contributed by atoms with Crippen molar-refractivity contribution >= 4 is 39.5 Å². The highest BCUT2D eigenvalue weighted by atomic mass is 31.2. The van der Waals surface area contributed by atoms with Crippen LogP contribution in [0, 0.1) is 5.92 Å². The number of rotatable bonds is 92. The SMILES string of the molecule is CCCCCCCCCCCCCCCCCCCCCCCCC(=O)O[C@H](COC(=O)CCCCCCCCCCCCCCCCCCCCCC)COP(=O)(O)OC[C@@H](O)COP(=O)(O)OC[C@@H](COC(=O)CCCCCCCCCCC(C)CC)OC(=O)CCCCCCCCCCCCCCCCCCC. The van der Waals surface area contributed by atoms with Crippen molar-refractivity contribution in [2.24, 2.45) is 5.92 Å². The summed E-state index contributed by atoms with van der Waals surface area (Å²) in [7, 11) is -9.94. The van der Waals surface area contributed by atoms with Gasteiger partial charge in [-0.25, -0.2) is 9.13 Å². The highest BCUT2D eigenvalue weighted by Crippen LogP contribution is 2.45. The van der Waals surface area contributed by atoms with Crippen LogP contribution < -0.4 is 0 Å². The minimum Gasteiger partial charge on any atom is -0.462 e. The summed E-state index contributed by atoms with van der Waals surface area (Å²) in [6.07, 6.45) is 80.7. The summed E-state index contributed by atoms with van der Waals surface area (Å²) in [4.78, 5) is 73.5. The molecule has 0 saturated carbocycles. The fourth-order valence-electron chi connectivity index (χ4n) is 14.5. The van der Waals surface area contributed by atoms with E-state index < -0.39 is 97.5 Å². The second-order valence-electron chi connectivity index (χ2n) is 33.3. The summed E-state index contributed by atoms with van der Waals surface area (Å²) in [6, 6.07) is 0. The van der Waals surface area contributed by atoms with Gasteiger partial charge in [-0.2, -0.15) is 0 Å². The number of hydrogen-bond acceptors (Lipinski definition) is 15. The van der Waals surface area contributed by atoms with Crippen LogP contribution >= 0.6 is 15.6 Å². The van der Waals surface area contributed by atoms with Crippen molar-refractivity contribution < 1.29 is 80.2 Å². The number of aliphatic hydroxyl groups is 1. The van der Waals surface area contributed by atoms with Gasteiger partial charge in [-0.1, -0.05) is 452 Å². The summed E-state index contributed by atoms with van der Waals surface area (Å²) in [5.74, 6) is -1.32. The summed E-state index contributed by atoms with van der Waals surface area (Å²) in [5, 5.41) is 10.7. The Balaban J connectivity index is 5.24. The second-order valence-corrected chi connectivity index (χ2v) is 36.2. The van der Waals surface area contributed by atoms with Crippen molar-refractivity contribution in [3.63, 3.8) is 0 Å². The molecule has 0 aromatic carbocycles. The quantitative estimate of drug-likeness (QED) is 0.0222. The third kappa shape index (κ3) is 84.3. The van der Waals surface area contributed by atoms with Gasteiger partial charge in [0.15, 0.2) is 12.2 Å². The van der Waals surface area contributed by atoms with Crippen LogP contribution in [0.1, 0.15) is 503 Å². The topological polar surface area (TPSA) is 237 Å². The third-order valence-electron chi connectivity index (χ3n) is 22.1. The van der Waals surface area contributed by atoms with E-state index >= 15 is 0 Å². The highest BCUT2D eigenvalue weighted by molar-refractivity contribution is 7.47. The largest absolute Gasteiger partial charge is 0.472 e. The molecule has 0 fully saturated rings. The Bertz CT molecular complexity index is 2100. The molecular weight excluding hydrogens is 1440 g/mol. The number of aliphatic hydroxyl groups excluding tert-OH is 1. The molecule has 0 spiro atoms. The first-order valence-corrected chi connectivity index (χ1v) is 50.7. The van der Waals surface area contributed by atoms with E-state index in [0.717, 1.165) is 95.8 Å². The predicted octanol–water partition coefficient (Wildman–Crippen LogP) is 28.7. The van der Waals surface area contributed by atoms with Crippen LogP contribution in [-0.4, -0.2) is 96.7 Å². The molecule has 0 aromatic heterocycles. The molecule has 660 valence electrons. The maximum absolute atomic E-state index is 13.2. The van der Waals surface area contributed by atoms with Gasteiger partial charge < -0.3 is 33.8 Å². The van der Waals surface area contributed by atoms with Gasteiger partial charge in [0.2, 0.25) is 0 Å². The van der Waals surface area contributed by atoms with Crippen LogP contribution in [0.15, 0.2) is 0 Å². The lowest BCUT2D eigenvalue weighted by atomic mass is 9.99. The number of esters is 4. The number of ether oxygens (including phenoxy) is 4. The van der Waals surface area contributed by atoms with Crippen molar-refractivity contribution in [3.8, 4) is 0 Å². The van der Waals surface area contributed by atoms with Gasteiger partial charge in [-0.3, -0.25) is 37.3 Å². The zero-order valence-electron chi connectivity index (χ0n) is 73.1. The van der Waals surface area contributed by atoms with Crippen LogP contribution in [0.2, 0.25) is 0 Å². The normalized spacial score (nSPS) is 13.9. The first-order valence-electron chi connectivity index (χ1n) is 47.7. The zero-order chi connectivity index (χ0) is 81.1. The van der Waals surface area contributed by atoms with Crippen LogP contribution in [-0.2, 0) is 65.4 Å². The van der Waals surface area contributed by atoms with Crippen LogP contribution in [0.4, 0.5) is 0 Å². The Morgan fingerprint density at radius 1 is 0.252 bits per heavy atom. The van der Waals surface area contributed by atoms with Crippen molar-refractivity contribution in [3.05, 3.63) is 0 Å². The Hall–Kier alpha value is -1.94. The molecule has 111 heavy (non-hydrogen) atoms. The molecule has 0 radical (unpaired) electrons. The molecule has 0 aromatic rings. The van der Waals surface area contributed by atoms with Gasteiger partial charge in [0.05, 0.1) is 26.4 Å². The number of phosphoric acid groups is 2. The molecule has 0 amide bonds. The third-order valence-corrected chi connectivity index (χ3v) is 24.0. The summed E-state index contributed by atoms with van der Waals surface area (Å²) in [6.45, 7) is 7.40. The average Bonchev–Trinajstić information content (AvgIpc) is 0.899. The monoisotopic (exact) mass is 1620 g/mol. The van der Waals surface area contributed by atoms with E-state index in [9.17, 15) is 43.2 Å². The molecule has 0 rings (SSSR count). The molecule has 3 N–H and O–H groups in total. The molecule has 6 atom stereocenters. The first kappa shape index (κ1) is 109. The van der Waals surface area contributed by atoms with E-state index in [0.29, 0.717) is 25.7 Å². The molecule has 0 aliphatic carbocycles. The minimum absolute atomic E-state index is 0.109. The van der Waals surface area contributed by atoms with Gasteiger partial charge in [-0.05, 0) is 31.6 Å². The molecule has 0 heterocycles. The van der Waals surface area contributed by atoms with Crippen molar-refractivity contribution in [2.75, 3.05) is 39.6 Å². The van der Waals surface area contributed by atoms with Crippen LogP contribution in [0.5, 0.6) is 0 Å². The van der Waals surface area contributed by atoms with E-state index in [1.807, 2.05) is 0 Å². The summed E-state index contributed by atoms with van der Waals surface area (Å²) >= 11 is 0. The number of carbonyl (C=O) groups excluding carboxylic acids is 4. The van der Waals surface area contributed by atoms with Crippen LogP contribution in [0.25, 0.3) is 0 Å². The molecule has 0 saturated heterocycles. The smallest absolute Gasteiger partial charge is 0.462 e. The molecular formula is C92H180O17P2. The van der Waals surface area contributed by atoms with Gasteiger partial charge in [-0.15, -0.1) is 0 Å². The van der Waals surface area contributed by atoms with E-state index in [4.69, 9.17) is 37.0 Å². The molecule has 17 nitrogen and oxygen atoms in total. The lowest BCUT2D eigenvalue weighted by Gasteiger charge is -2.21. The number of unbranched alkanes of at least 4 members (excludes halogenated alkanes) is 63. The minimum atomic E-state index is -4.97. The van der Waals surface area contributed by atoms with Gasteiger partial charge >= 0.3 is 39.5 Å². The molecule has 3 unspecified atom stereocenters. The van der Waals surface area contributed by atoms with E-state index in [2.05, 4.69) is 34.6 Å². The van der Waals surface area contributed by atoms with E-state index in [-0.39, 0.29) is 25.7 Å². The number of phosphoric ester groups is 2. The maximum atomic E-state index is 13.2. The molecule has 19 heteroatoms. The van der Waals surface area contributed by atoms with E-state index in [1.54, 1.807) is 0 Å². The first-order chi connectivity index (χ1) is 54.1. The maximum Gasteiger partial charge on any atom is 0.472 e. The molecule has 0 bridgehead atoms. The Morgan fingerprint density at radius 2 is 0.432 bits per heavy atom. The standard InChI is InChI=1S/C92H180O17P2/c1-6-10-13-16-19-22-25-28-31-34-36-38-39-41-44-47-50-53-56-63-68-73-77-91(96)108-87(81-102-89(94)75-70-65-60-54-51-48-45-43-40-37-35-32-29-26-23-20-17-14-11-7-2)83-106-110(98,99)104-79-86(93)80-105-111(100,101)107-84-88(82-103-90(95)76-71-66-61-58-57-59-64-69-74-85(5)9-4)109-92(97)78-72-67-62-55-52-49-46-42-33-30-27-24-21-18-15-12-8-3/h85-88,93H,6-84H2,1-5H3,(H,98,99)(H,100,101)/t85?,86-,87-,88-/m1/s1. The number of carbonyl (C=O) groups is 4. The average molecular weight is 1620 g/mol. The zero-order valence-corrected chi connectivity index (χ0v) is 74.9. The predicted molar refractivity (Wildman–Crippen MR) is 460 cm³/mol. The van der Waals surface area contributed by atoms with Gasteiger partial charge in [0.1, 0.15) is 19.3 Å². The van der Waals surface area contributed by atoms with Crippen molar-refractivity contribution in [1.82, 2.24) is 0 Å². The van der Waals surface area contributed by atoms with Gasteiger partial charge in [0, 0.05) is 25.7 Å². The van der Waals surface area contributed by atoms with E-state index in [1.165, 1.54) is 327 Å².